The van der Waals surface area contributed by atoms with Gasteiger partial charge in [0.05, 0.1) is 51.1 Å². The molecule has 290 valence electrons. The molecule has 1 aromatic carbocycles. The lowest BCUT2D eigenvalue weighted by molar-refractivity contribution is -0.152. The van der Waals surface area contributed by atoms with Crippen molar-refractivity contribution >= 4 is 65.8 Å². The molecule has 4 aromatic heterocycles. The molecule has 5 heterocycles. The lowest BCUT2D eigenvalue weighted by Crippen LogP contribution is -2.45. The van der Waals surface area contributed by atoms with Crippen LogP contribution < -0.4 is 15.2 Å². The number of amides is 1. The summed E-state index contributed by atoms with van der Waals surface area (Å²) in [5.41, 5.74) is 2.11. The number of nitriles is 1. The van der Waals surface area contributed by atoms with E-state index in [0.717, 1.165) is 0 Å². The number of pyridine rings is 2. The third kappa shape index (κ3) is 7.56. The molecule has 1 N–H and O–H groups in total. The molecule has 1 saturated heterocycles. The van der Waals surface area contributed by atoms with Crippen LogP contribution in [0.3, 0.4) is 0 Å². The highest BCUT2D eigenvalue weighted by molar-refractivity contribution is 7.90. The average molecular weight is 823 g/mol. The minimum atomic E-state index is -4.19. The van der Waals surface area contributed by atoms with Crippen LogP contribution in [0.2, 0.25) is 5.02 Å². The molecule has 2 atom stereocenters. The first-order valence-corrected chi connectivity index (χ1v) is 20.6. The van der Waals surface area contributed by atoms with Gasteiger partial charge in [-0.15, -0.1) is 11.3 Å². The first kappa shape index (κ1) is 39.2. The molecule has 1 aliphatic carbocycles. The number of rotatable bonds is 8. The van der Waals surface area contributed by atoms with Crippen LogP contribution in [0, 0.1) is 36.0 Å². The Balaban J connectivity index is 1.16. The molecule has 1 amide bonds. The number of fused-ring (bicyclic) bond motifs is 2. The fraction of sp³-hybridized carbons (Fsp3) is 0.368. The fourth-order valence-electron chi connectivity index (χ4n) is 7.22. The smallest absolute Gasteiger partial charge is 0.355 e. The van der Waals surface area contributed by atoms with Crippen LogP contribution in [0.25, 0.3) is 32.2 Å². The summed E-state index contributed by atoms with van der Waals surface area (Å²) in [5, 5.41) is 12.4. The quantitative estimate of drug-likeness (QED) is 0.188. The van der Waals surface area contributed by atoms with E-state index in [1.54, 1.807) is 43.6 Å². The van der Waals surface area contributed by atoms with Crippen LogP contribution in [-0.2, 0) is 16.6 Å². The zero-order valence-electron chi connectivity index (χ0n) is 30.3. The van der Waals surface area contributed by atoms with Crippen LogP contribution in [0.5, 0.6) is 0 Å². The van der Waals surface area contributed by atoms with E-state index in [-0.39, 0.29) is 46.8 Å². The molecule has 7 rings (SSSR count). The number of hydrogen-bond acceptors (Lipinski definition) is 11. The number of carbonyl (C=O) groups is 1. The van der Waals surface area contributed by atoms with Gasteiger partial charge in [0.25, 0.3) is 11.5 Å². The monoisotopic (exact) mass is 822 g/mol. The standard InChI is InChI=1S/C38H34ClF3N8O4S2/c1-4-56(53,54)47-36(51)28-20-55-34-25(9-12-44-33(28)34)26-16-23(39)8-7-22(26)6-5-13-50-21(2)46-30-19-45-35(27(18-43)32(30)37(50)52)48(3)24-10-14-49(15-11-24)31-17-29(31)38(40,41)42/h7-9,12,16,19-20,24,29,31H,4,10-11,13-15,17H2,1-3H3,(H,47,51)/t29-,31-/m0/s1. The second kappa shape index (κ2) is 15.1. The van der Waals surface area contributed by atoms with E-state index in [2.05, 4.69) is 37.6 Å². The molecule has 2 aliphatic rings. The number of sulfonamides is 1. The molecule has 0 spiro atoms. The minimum Gasteiger partial charge on any atom is -0.355 e. The number of alkyl halides is 3. The van der Waals surface area contributed by atoms with Crippen molar-refractivity contribution in [2.75, 3.05) is 30.8 Å². The van der Waals surface area contributed by atoms with E-state index in [1.807, 2.05) is 9.80 Å². The molecule has 0 unspecified atom stereocenters. The second-order valence-electron chi connectivity index (χ2n) is 13.7. The molecule has 0 radical (unpaired) electrons. The molecule has 12 nitrogen and oxygen atoms in total. The van der Waals surface area contributed by atoms with E-state index in [0.29, 0.717) is 69.5 Å². The minimum absolute atomic E-state index is 0.0592. The molecule has 1 aliphatic heterocycles. The maximum absolute atomic E-state index is 14.1. The van der Waals surface area contributed by atoms with Crippen molar-refractivity contribution in [3.63, 3.8) is 0 Å². The Morgan fingerprint density at radius 2 is 1.93 bits per heavy atom. The van der Waals surface area contributed by atoms with Crippen LogP contribution >= 0.6 is 22.9 Å². The van der Waals surface area contributed by atoms with Gasteiger partial charge in [-0.25, -0.2) is 23.1 Å². The number of piperidine rings is 1. The van der Waals surface area contributed by atoms with Crippen LogP contribution in [0.4, 0.5) is 19.0 Å². The largest absolute Gasteiger partial charge is 0.393 e. The molecule has 1 saturated carbocycles. The zero-order valence-corrected chi connectivity index (χ0v) is 32.7. The van der Waals surface area contributed by atoms with Gasteiger partial charge in [-0.2, -0.15) is 18.4 Å². The highest BCUT2D eigenvalue weighted by Gasteiger charge is 2.58. The summed E-state index contributed by atoms with van der Waals surface area (Å²) in [6, 6.07) is 8.44. The van der Waals surface area contributed by atoms with E-state index in [1.165, 1.54) is 35.2 Å². The first-order valence-electron chi connectivity index (χ1n) is 17.7. The Bertz CT molecular complexity index is 2680. The Morgan fingerprint density at radius 1 is 1.18 bits per heavy atom. The van der Waals surface area contributed by atoms with E-state index < -0.39 is 39.6 Å². The van der Waals surface area contributed by atoms with Crippen molar-refractivity contribution in [1.82, 2.24) is 29.1 Å². The average Bonchev–Trinajstić information content (AvgIpc) is 3.88. The van der Waals surface area contributed by atoms with Gasteiger partial charge in [-0.1, -0.05) is 23.4 Å². The van der Waals surface area contributed by atoms with Gasteiger partial charge in [-0.3, -0.25) is 24.0 Å². The van der Waals surface area contributed by atoms with Crippen LogP contribution in [0.1, 0.15) is 53.5 Å². The summed E-state index contributed by atoms with van der Waals surface area (Å²) in [6.07, 6.45) is 0.0657. The molecule has 18 heteroatoms. The lowest BCUT2D eigenvalue weighted by atomic mass is 10.00. The SMILES string of the molecule is CCS(=O)(=O)NC(=O)c1csc2c(-c3cc(Cl)ccc3C#CCn3c(C)nc4cnc(N(C)C5CCN([C@H]6C[C@@H]6C(F)(F)F)CC5)c(C#N)c4c3=O)ccnc12. The molecule has 2 fully saturated rings. The second-order valence-corrected chi connectivity index (χ2v) is 17.0. The molecule has 56 heavy (non-hydrogen) atoms. The Kier molecular flexibility index (Phi) is 10.6. The van der Waals surface area contributed by atoms with Crippen LogP contribution in [0.15, 0.2) is 46.8 Å². The molecular formula is C38H34ClF3N8O4S2. The summed E-state index contributed by atoms with van der Waals surface area (Å²) in [6.45, 7) is 3.99. The van der Waals surface area contributed by atoms with Crippen molar-refractivity contribution in [3.8, 4) is 29.0 Å². The number of anilines is 1. The number of aryl methyl sites for hydroxylation is 1. The fourth-order valence-corrected chi connectivity index (χ4v) is 8.96. The molecular weight excluding hydrogens is 789 g/mol. The zero-order chi connectivity index (χ0) is 40.1. The van der Waals surface area contributed by atoms with Gasteiger partial charge in [0.1, 0.15) is 23.3 Å². The van der Waals surface area contributed by atoms with Gasteiger partial charge in [-0.05, 0) is 57.4 Å². The summed E-state index contributed by atoms with van der Waals surface area (Å²) in [4.78, 5) is 44.1. The number of halogens is 4. The molecule has 5 aromatic rings. The van der Waals surface area contributed by atoms with Crippen molar-refractivity contribution in [2.45, 2.75) is 57.9 Å². The van der Waals surface area contributed by atoms with Crippen LogP contribution in [-0.4, -0.2) is 82.9 Å². The Morgan fingerprint density at radius 3 is 2.61 bits per heavy atom. The number of aromatic nitrogens is 4. The van der Waals surface area contributed by atoms with Gasteiger partial charge < -0.3 is 4.90 Å². The molecule has 0 bridgehead atoms. The summed E-state index contributed by atoms with van der Waals surface area (Å²) < 4.78 is 67.7. The number of carbonyl (C=O) groups excluding carboxylic acids is 1. The number of nitrogens with zero attached hydrogens (tertiary/aromatic N) is 7. The predicted molar refractivity (Wildman–Crippen MR) is 208 cm³/mol. The van der Waals surface area contributed by atoms with Gasteiger partial charge >= 0.3 is 6.18 Å². The topological polar surface area (TPSA) is 154 Å². The van der Waals surface area contributed by atoms with Crippen molar-refractivity contribution in [3.05, 3.63) is 79.9 Å². The van der Waals surface area contributed by atoms with E-state index in [9.17, 15) is 36.4 Å². The third-order valence-electron chi connectivity index (χ3n) is 10.4. The third-order valence-corrected chi connectivity index (χ3v) is 12.9. The summed E-state index contributed by atoms with van der Waals surface area (Å²) in [5.74, 6) is 4.52. The summed E-state index contributed by atoms with van der Waals surface area (Å²) in [7, 11) is -2.02. The highest BCUT2D eigenvalue weighted by Crippen LogP contribution is 2.48. The first-order chi connectivity index (χ1) is 26.6. The number of nitrogens with one attached hydrogen (secondary N) is 1. The van der Waals surface area contributed by atoms with Gasteiger partial charge in [0, 0.05) is 65.5 Å². The number of benzene rings is 1. The number of likely N-dealkylation sites (tertiary alicyclic amines) is 1. The van der Waals surface area contributed by atoms with Gasteiger partial charge in [0.15, 0.2) is 0 Å². The number of thiophene rings is 1. The van der Waals surface area contributed by atoms with E-state index >= 15 is 0 Å². The Hall–Kier alpha value is -5.07. The lowest BCUT2D eigenvalue weighted by Gasteiger charge is -2.38. The van der Waals surface area contributed by atoms with Gasteiger partial charge in [0.2, 0.25) is 10.0 Å². The Labute approximate surface area is 329 Å². The van der Waals surface area contributed by atoms with Crippen molar-refractivity contribution in [1.29, 1.82) is 5.26 Å². The van der Waals surface area contributed by atoms with Crippen molar-refractivity contribution in [2.24, 2.45) is 5.92 Å². The number of hydrogen-bond donors (Lipinski definition) is 1. The predicted octanol–water partition coefficient (Wildman–Crippen LogP) is 5.88. The summed E-state index contributed by atoms with van der Waals surface area (Å²) >= 11 is 7.64. The van der Waals surface area contributed by atoms with E-state index in [4.69, 9.17) is 11.6 Å². The normalized spacial score (nSPS) is 17.7. The highest BCUT2D eigenvalue weighted by atomic mass is 35.5. The van der Waals surface area contributed by atoms with Crippen molar-refractivity contribution < 1.29 is 26.4 Å². The maximum Gasteiger partial charge on any atom is 0.393 e. The maximum atomic E-state index is 14.1.